The van der Waals surface area contributed by atoms with E-state index in [2.05, 4.69) is 163 Å². The van der Waals surface area contributed by atoms with Crippen molar-refractivity contribution in [2.24, 2.45) is 0 Å². The molecule has 0 saturated heterocycles. The second kappa shape index (κ2) is 11.8. The molecule has 0 atom stereocenters. The molecule has 11 aromatic rings. The Labute approximate surface area is 316 Å². The van der Waals surface area contributed by atoms with E-state index in [1.165, 1.54) is 32.6 Å². The van der Waals surface area contributed by atoms with Crippen molar-refractivity contribution in [3.05, 3.63) is 199 Å². The van der Waals surface area contributed by atoms with Crippen LogP contribution in [0.5, 0.6) is 0 Å². The molecule has 11 rings (SSSR count). The molecule has 5 heteroatoms. The van der Waals surface area contributed by atoms with Crippen LogP contribution < -0.4 is 0 Å². The summed E-state index contributed by atoms with van der Waals surface area (Å²) in [6, 6.07) is 61.1. The highest BCUT2D eigenvalue weighted by Gasteiger charge is 2.22. The normalized spacial score (nSPS) is 11.6. The van der Waals surface area contributed by atoms with Crippen LogP contribution in [0.4, 0.5) is 11.4 Å². The highest BCUT2D eigenvalue weighted by atomic mass is 15.0. The van der Waals surface area contributed by atoms with E-state index in [1.807, 2.05) is 36.4 Å². The van der Waals surface area contributed by atoms with Gasteiger partial charge in [0.05, 0.1) is 51.9 Å². The lowest BCUT2D eigenvalue weighted by Crippen LogP contribution is -1.99. The molecule has 0 radical (unpaired) electrons. The van der Waals surface area contributed by atoms with Gasteiger partial charge < -0.3 is 13.7 Å². The second-order valence-corrected chi connectivity index (χ2v) is 13.9. The van der Waals surface area contributed by atoms with Gasteiger partial charge in [-0.25, -0.2) is 9.69 Å². The third-order valence-electron chi connectivity index (χ3n) is 11.1. The van der Waals surface area contributed by atoms with E-state index in [-0.39, 0.29) is 0 Å². The average Bonchev–Trinajstić information content (AvgIpc) is 3.89. The second-order valence-electron chi connectivity index (χ2n) is 13.9. The zero-order valence-electron chi connectivity index (χ0n) is 29.5. The van der Waals surface area contributed by atoms with Crippen molar-refractivity contribution in [2.75, 3.05) is 0 Å². The van der Waals surface area contributed by atoms with E-state index in [4.69, 9.17) is 13.1 Å². The Bertz CT molecular complexity index is 3420. The third-order valence-corrected chi connectivity index (χ3v) is 11.1. The zero-order chi connectivity index (χ0) is 36.6. The maximum Gasteiger partial charge on any atom is 0.211 e. The van der Waals surface area contributed by atoms with Gasteiger partial charge in [0.15, 0.2) is 5.69 Å². The molecular weight excluding hydrogens is 671 g/mol. The molecule has 0 saturated carbocycles. The molecule has 55 heavy (non-hydrogen) atoms. The molecule has 0 aliphatic rings. The van der Waals surface area contributed by atoms with Crippen molar-refractivity contribution in [3.63, 3.8) is 0 Å². The first kappa shape index (κ1) is 30.7. The van der Waals surface area contributed by atoms with Gasteiger partial charge in [-0.15, -0.1) is 0 Å². The number of rotatable bonds is 4. The zero-order valence-corrected chi connectivity index (χ0v) is 29.5. The van der Waals surface area contributed by atoms with Gasteiger partial charge in [0.2, 0.25) is 5.69 Å². The molecule has 3 aromatic heterocycles. The Kier molecular flexibility index (Phi) is 6.61. The molecule has 0 spiro atoms. The molecule has 0 N–H and O–H groups in total. The quantitative estimate of drug-likeness (QED) is 0.163. The number of benzene rings is 8. The lowest BCUT2D eigenvalue weighted by Gasteiger charge is -2.17. The van der Waals surface area contributed by atoms with Gasteiger partial charge in [0.1, 0.15) is 0 Å². The number of para-hydroxylation sites is 5. The number of nitrogens with zero attached hydrogens (tertiary/aromatic N) is 5. The van der Waals surface area contributed by atoms with Crippen LogP contribution in [0.3, 0.4) is 0 Å². The number of hydrogen-bond acceptors (Lipinski definition) is 0. The summed E-state index contributed by atoms with van der Waals surface area (Å²) >= 11 is 0. The van der Waals surface area contributed by atoms with Gasteiger partial charge in [-0.3, -0.25) is 0 Å². The van der Waals surface area contributed by atoms with Crippen LogP contribution in [0.2, 0.25) is 0 Å². The van der Waals surface area contributed by atoms with Crippen molar-refractivity contribution < 1.29 is 0 Å². The minimum Gasteiger partial charge on any atom is -0.320 e. The van der Waals surface area contributed by atoms with Gasteiger partial charge in [-0.2, -0.15) is 0 Å². The first-order valence-corrected chi connectivity index (χ1v) is 18.3. The molecule has 0 aliphatic carbocycles. The van der Waals surface area contributed by atoms with Crippen molar-refractivity contribution in [1.82, 2.24) is 13.7 Å². The van der Waals surface area contributed by atoms with E-state index >= 15 is 0 Å². The predicted molar refractivity (Wildman–Crippen MR) is 227 cm³/mol. The lowest BCUT2D eigenvalue weighted by molar-refractivity contribution is 1.16. The first-order valence-electron chi connectivity index (χ1n) is 18.3. The first-order chi connectivity index (χ1) is 27.2. The molecule has 5 nitrogen and oxygen atoms in total. The summed E-state index contributed by atoms with van der Waals surface area (Å²) in [7, 11) is 0. The van der Waals surface area contributed by atoms with Gasteiger partial charge in [0, 0.05) is 43.9 Å². The lowest BCUT2D eigenvalue weighted by atomic mass is 10.00. The van der Waals surface area contributed by atoms with Gasteiger partial charge in [-0.05, 0) is 65.5 Å². The van der Waals surface area contributed by atoms with Gasteiger partial charge in [-0.1, -0.05) is 121 Å². The number of hydrogen-bond donors (Lipinski definition) is 0. The minimum atomic E-state index is 0.553. The summed E-state index contributed by atoms with van der Waals surface area (Å²) < 4.78 is 6.93. The van der Waals surface area contributed by atoms with Crippen LogP contribution in [-0.4, -0.2) is 13.7 Å². The van der Waals surface area contributed by atoms with E-state index in [9.17, 15) is 0 Å². The molecule has 254 valence electrons. The summed E-state index contributed by atoms with van der Waals surface area (Å²) in [5.41, 5.74) is 12.3. The fraction of sp³-hybridized carbons (Fsp3) is 0. The monoisotopic (exact) mass is 699 g/mol. The highest BCUT2D eigenvalue weighted by Crippen LogP contribution is 2.45. The minimum absolute atomic E-state index is 0.553. The summed E-state index contributed by atoms with van der Waals surface area (Å²) in [5, 5.41) is 6.88. The van der Waals surface area contributed by atoms with Crippen LogP contribution in [-0.2, 0) is 0 Å². The SMILES string of the molecule is [C-]#[N+]c1cccc(-n2c3ccccc3c3cccc([N+]#[C-])c32)c1-c1cccc(-n2c3ccccc3c3c(-n4c5ccccc5c5ccccc54)cccc32)c1. The van der Waals surface area contributed by atoms with Crippen LogP contribution >= 0.6 is 0 Å². The molecule has 8 aromatic carbocycles. The largest absolute Gasteiger partial charge is 0.320 e. The van der Waals surface area contributed by atoms with Gasteiger partial charge >= 0.3 is 0 Å². The molecule has 3 heterocycles. The summed E-state index contributed by atoms with van der Waals surface area (Å²) in [5.74, 6) is 0. The maximum absolute atomic E-state index is 8.34. The molecular formula is C50H29N5. The Morgan fingerprint density at radius 2 is 0.855 bits per heavy atom. The van der Waals surface area contributed by atoms with Crippen LogP contribution in [0.1, 0.15) is 0 Å². The average molecular weight is 700 g/mol. The van der Waals surface area contributed by atoms with Crippen LogP contribution in [0.25, 0.3) is 103 Å². The molecule has 0 bridgehead atoms. The summed E-state index contributed by atoms with van der Waals surface area (Å²) in [6.07, 6.45) is 0. The van der Waals surface area contributed by atoms with Crippen LogP contribution in [0.15, 0.2) is 176 Å². The fourth-order valence-electron chi connectivity index (χ4n) is 8.89. The maximum atomic E-state index is 8.34. The number of aromatic nitrogens is 3. The molecule has 0 fully saturated rings. The van der Waals surface area contributed by atoms with Crippen molar-refractivity contribution >= 4 is 76.8 Å². The standard InChI is InChI=1S/C50H29N5/c1-51-39-22-13-28-45(55-43-26-9-5-19-36(43)37-21-12-23-40(52-2)50(37)55)48(39)32-15-11-16-33(31-32)53-44-27-10-6-20-38(44)49-46(53)29-14-30-47(49)54-41-24-7-3-17-34(41)35-18-4-8-25-42(35)54/h3-31H. The smallest absolute Gasteiger partial charge is 0.211 e. The van der Waals surface area contributed by atoms with Gasteiger partial charge in [0.25, 0.3) is 0 Å². The Morgan fingerprint density at radius 3 is 1.55 bits per heavy atom. The van der Waals surface area contributed by atoms with Crippen molar-refractivity contribution in [1.29, 1.82) is 0 Å². The fourth-order valence-corrected chi connectivity index (χ4v) is 8.89. The van der Waals surface area contributed by atoms with E-state index in [0.29, 0.717) is 11.4 Å². The van der Waals surface area contributed by atoms with Crippen molar-refractivity contribution in [2.45, 2.75) is 0 Å². The van der Waals surface area contributed by atoms with E-state index in [1.54, 1.807) is 0 Å². The Balaban J connectivity index is 1.19. The summed E-state index contributed by atoms with van der Waals surface area (Å²) in [4.78, 5) is 8.02. The highest BCUT2D eigenvalue weighted by molar-refractivity contribution is 6.17. The van der Waals surface area contributed by atoms with Crippen LogP contribution in [0, 0.1) is 13.1 Å². The summed E-state index contributed by atoms with van der Waals surface area (Å²) in [6.45, 7) is 16.4. The molecule has 0 aliphatic heterocycles. The van der Waals surface area contributed by atoms with E-state index in [0.717, 1.165) is 61.0 Å². The van der Waals surface area contributed by atoms with Crippen molar-refractivity contribution in [3.8, 4) is 28.2 Å². The third kappa shape index (κ3) is 4.33. The topological polar surface area (TPSA) is 23.5 Å². The Hall–Kier alpha value is -7.86. The molecule has 0 amide bonds. The molecule has 0 unspecified atom stereocenters. The predicted octanol–water partition coefficient (Wildman–Crippen LogP) is 13.7. The van der Waals surface area contributed by atoms with E-state index < -0.39 is 0 Å². The number of fused-ring (bicyclic) bond motifs is 9. The Morgan fingerprint density at radius 1 is 0.364 bits per heavy atom.